The highest BCUT2D eigenvalue weighted by atomic mass is 16.5. The molecular formula is C31H40N4O2. The molecule has 0 bridgehead atoms. The maximum atomic E-state index is 12.4. The summed E-state index contributed by atoms with van der Waals surface area (Å²) in [5.41, 5.74) is 7.41. The molecule has 0 atom stereocenters. The number of nitrogens with two attached hydrogens (primary N) is 1. The van der Waals surface area contributed by atoms with Crippen molar-refractivity contribution in [2.75, 3.05) is 45.7 Å². The van der Waals surface area contributed by atoms with Crippen molar-refractivity contribution in [3.63, 3.8) is 0 Å². The largest absolute Gasteiger partial charge is 0.497 e. The average molecular weight is 501 g/mol. The van der Waals surface area contributed by atoms with Gasteiger partial charge in [-0.25, -0.2) is 4.79 Å². The molecule has 1 heterocycles. The highest BCUT2D eigenvalue weighted by Gasteiger charge is 2.13. The van der Waals surface area contributed by atoms with E-state index < -0.39 is 0 Å². The molecule has 6 heteroatoms. The van der Waals surface area contributed by atoms with E-state index in [1.165, 1.54) is 7.05 Å². The number of benzene rings is 3. The summed E-state index contributed by atoms with van der Waals surface area (Å²) in [5.74, 6) is 7.01. The van der Waals surface area contributed by atoms with Gasteiger partial charge in [0.05, 0.1) is 7.11 Å². The van der Waals surface area contributed by atoms with Crippen molar-refractivity contribution < 1.29 is 9.53 Å². The molecule has 196 valence electrons. The third-order valence-electron chi connectivity index (χ3n) is 5.59. The molecule has 0 saturated carbocycles. The maximum Gasteiger partial charge on any atom is 0.321 e. The van der Waals surface area contributed by atoms with Crippen LogP contribution < -0.4 is 21.1 Å². The zero-order chi connectivity index (χ0) is 26.6. The van der Waals surface area contributed by atoms with E-state index in [4.69, 9.17) is 4.74 Å². The minimum absolute atomic E-state index is 0.00583. The summed E-state index contributed by atoms with van der Waals surface area (Å²) in [6, 6.07) is 27.4. The third kappa shape index (κ3) is 12.1. The summed E-state index contributed by atoms with van der Waals surface area (Å²) >= 11 is 0. The first-order chi connectivity index (χ1) is 18.2. The van der Waals surface area contributed by atoms with E-state index in [1.807, 2.05) is 89.8 Å². The van der Waals surface area contributed by atoms with Crippen LogP contribution >= 0.6 is 0 Å². The van der Waals surface area contributed by atoms with Crippen molar-refractivity contribution in [3.8, 4) is 17.6 Å². The molecule has 1 aliphatic rings. The fourth-order valence-electron chi connectivity index (χ4n) is 3.61. The lowest BCUT2D eigenvalue weighted by Gasteiger charge is -2.24. The second-order valence-corrected chi connectivity index (χ2v) is 8.29. The first-order valence-electron chi connectivity index (χ1n) is 12.8. The van der Waals surface area contributed by atoms with Crippen molar-refractivity contribution in [2.45, 2.75) is 25.7 Å². The number of hydrogen-bond donors (Lipinski definition) is 3. The van der Waals surface area contributed by atoms with Crippen LogP contribution in [-0.2, 0) is 0 Å². The van der Waals surface area contributed by atoms with Gasteiger partial charge in [0, 0.05) is 29.9 Å². The lowest BCUT2D eigenvalue weighted by molar-refractivity contribution is 0.208. The smallest absolute Gasteiger partial charge is 0.321 e. The molecule has 1 saturated heterocycles. The van der Waals surface area contributed by atoms with Gasteiger partial charge >= 0.3 is 6.03 Å². The summed E-state index contributed by atoms with van der Waals surface area (Å²) in [5, 5.41) is 6.38. The minimum Gasteiger partial charge on any atom is -0.497 e. The van der Waals surface area contributed by atoms with Crippen molar-refractivity contribution >= 4 is 11.7 Å². The van der Waals surface area contributed by atoms with E-state index in [0.717, 1.165) is 74.4 Å². The van der Waals surface area contributed by atoms with Crippen molar-refractivity contribution in [1.82, 2.24) is 10.2 Å². The van der Waals surface area contributed by atoms with Gasteiger partial charge in [0.1, 0.15) is 5.75 Å². The van der Waals surface area contributed by atoms with Gasteiger partial charge in [-0.05, 0) is 94.4 Å². The van der Waals surface area contributed by atoms with Gasteiger partial charge in [-0.15, -0.1) is 0 Å². The number of amides is 2. The number of nitrogens with one attached hydrogen (secondary N) is 2. The Morgan fingerprint density at radius 3 is 1.73 bits per heavy atom. The Bertz CT molecular complexity index is 1010. The predicted octanol–water partition coefficient (Wildman–Crippen LogP) is 5.35. The number of carbonyl (C=O) groups is 1. The highest BCUT2D eigenvalue weighted by Crippen LogP contribution is 2.16. The van der Waals surface area contributed by atoms with Crippen LogP contribution in [0.1, 0.15) is 36.8 Å². The molecule has 0 aliphatic carbocycles. The summed E-state index contributed by atoms with van der Waals surface area (Å²) < 4.78 is 5.12. The number of carbonyl (C=O) groups excluding carboxylic acids is 1. The zero-order valence-electron chi connectivity index (χ0n) is 22.1. The van der Waals surface area contributed by atoms with E-state index in [9.17, 15) is 4.79 Å². The second kappa shape index (κ2) is 18.5. The quantitative estimate of drug-likeness (QED) is 0.414. The fraction of sp³-hybridized carbons (Fsp3) is 0.323. The van der Waals surface area contributed by atoms with Gasteiger partial charge in [-0.2, -0.15) is 0 Å². The Morgan fingerprint density at radius 1 is 0.784 bits per heavy atom. The zero-order valence-corrected chi connectivity index (χ0v) is 22.1. The molecule has 4 rings (SSSR count). The lowest BCUT2D eigenvalue weighted by Crippen LogP contribution is -2.37. The van der Waals surface area contributed by atoms with Crippen LogP contribution in [-0.4, -0.2) is 51.3 Å². The van der Waals surface area contributed by atoms with Crippen LogP contribution in [0.4, 0.5) is 10.5 Å². The minimum atomic E-state index is -0.00583. The molecule has 4 N–H and O–H groups in total. The number of methoxy groups -OCH3 is 1. The second-order valence-electron chi connectivity index (χ2n) is 8.29. The summed E-state index contributed by atoms with van der Waals surface area (Å²) in [6.07, 6.45) is 4.32. The monoisotopic (exact) mass is 500 g/mol. The summed E-state index contributed by atoms with van der Waals surface area (Å²) in [7, 11) is 3.13. The van der Waals surface area contributed by atoms with Crippen molar-refractivity contribution in [1.29, 1.82) is 0 Å². The molecular weight excluding hydrogens is 460 g/mol. The number of hydrogen-bond acceptors (Lipinski definition) is 4. The average Bonchev–Trinajstić information content (AvgIpc) is 2.97. The SMILES string of the molecule is C(#Cc1ccccc1)c1ccccc1.CN.COc1ccc(NC(=O)N2CCCCNCCCC2)cc1. The van der Waals surface area contributed by atoms with E-state index in [1.54, 1.807) is 7.11 Å². The van der Waals surface area contributed by atoms with Gasteiger partial charge in [-0.1, -0.05) is 48.2 Å². The van der Waals surface area contributed by atoms with Gasteiger partial charge < -0.3 is 26.0 Å². The topological polar surface area (TPSA) is 79.6 Å². The van der Waals surface area contributed by atoms with E-state index in [-0.39, 0.29) is 6.03 Å². The van der Waals surface area contributed by atoms with Crippen LogP contribution in [0.2, 0.25) is 0 Å². The van der Waals surface area contributed by atoms with Gasteiger partial charge in [-0.3, -0.25) is 0 Å². The number of nitrogens with zero attached hydrogens (tertiary/aromatic N) is 1. The first kappa shape index (κ1) is 29.4. The summed E-state index contributed by atoms with van der Waals surface area (Å²) in [6.45, 7) is 3.75. The normalized spacial score (nSPS) is 13.2. The number of anilines is 1. The van der Waals surface area contributed by atoms with Crippen molar-refractivity contribution in [3.05, 3.63) is 96.1 Å². The van der Waals surface area contributed by atoms with Crippen LogP contribution in [0.3, 0.4) is 0 Å². The number of rotatable bonds is 2. The number of ether oxygens (including phenoxy) is 1. The van der Waals surface area contributed by atoms with Crippen LogP contribution in [0.15, 0.2) is 84.9 Å². The molecule has 1 fully saturated rings. The van der Waals surface area contributed by atoms with E-state index in [2.05, 4.69) is 28.2 Å². The number of urea groups is 1. The highest BCUT2D eigenvalue weighted by molar-refractivity contribution is 5.89. The molecule has 37 heavy (non-hydrogen) atoms. The Balaban J connectivity index is 0.000000260. The Kier molecular flexibility index (Phi) is 14.7. The summed E-state index contributed by atoms with van der Waals surface area (Å²) in [4.78, 5) is 14.3. The maximum absolute atomic E-state index is 12.4. The Labute approximate surface area is 222 Å². The molecule has 0 radical (unpaired) electrons. The third-order valence-corrected chi connectivity index (χ3v) is 5.59. The van der Waals surface area contributed by atoms with Crippen LogP contribution in [0, 0.1) is 11.8 Å². The van der Waals surface area contributed by atoms with E-state index in [0.29, 0.717) is 0 Å². The van der Waals surface area contributed by atoms with Gasteiger partial charge in [0.2, 0.25) is 0 Å². The van der Waals surface area contributed by atoms with Gasteiger partial charge in [0.25, 0.3) is 0 Å². The molecule has 0 unspecified atom stereocenters. The van der Waals surface area contributed by atoms with Crippen molar-refractivity contribution in [2.24, 2.45) is 5.73 Å². The van der Waals surface area contributed by atoms with Crippen LogP contribution in [0.5, 0.6) is 5.75 Å². The molecule has 0 aromatic heterocycles. The molecule has 3 aromatic carbocycles. The molecule has 1 aliphatic heterocycles. The lowest BCUT2D eigenvalue weighted by atomic mass is 10.2. The fourth-order valence-corrected chi connectivity index (χ4v) is 3.61. The van der Waals surface area contributed by atoms with Crippen LogP contribution in [0.25, 0.3) is 0 Å². The first-order valence-corrected chi connectivity index (χ1v) is 12.8. The molecule has 2 amide bonds. The standard InChI is InChI=1S/C16H25N3O2.C14H10.CH5N/c1-21-15-8-6-14(7-9-15)18-16(20)19-12-4-2-10-17-11-3-5-13-19;1-3-7-13(8-4-1)11-12-14-9-5-2-6-10-14;1-2/h6-9,17H,2-5,10-13H2,1H3,(H,18,20);1-10H;2H2,1H3. The Hall–Kier alpha value is -3.79. The van der Waals surface area contributed by atoms with Gasteiger partial charge in [0.15, 0.2) is 0 Å². The molecule has 6 nitrogen and oxygen atoms in total. The molecule has 0 spiro atoms. The van der Waals surface area contributed by atoms with E-state index >= 15 is 0 Å². The Morgan fingerprint density at radius 2 is 1.27 bits per heavy atom. The molecule has 3 aromatic rings. The predicted molar refractivity (Wildman–Crippen MR) is 154 cm³/mol.